The molecule has 3 unspecified atom stereocenters. The van der Waals surface area contributed by atoms with E-state index in [9.17, 15) is 9.59 Å². The summed E-state index contributed by atoms with van der Waals surface area (Å²) in [5.74, 6) is 2.79. The second kappa shape index (κ2) is 12.3. The first-order chi connectivity index (χ1) is 17.7. The Balaban J connectivity index is 1.12. The summed E-state index contributed by atoms with van der Waals surface area (Å²) < 4.78 is 0. The zero-order valence-corrected chi connectivity index (χ0v) is 22.1. The third kappa shape index (κ3) is 6.18. The number of carbonyl (C=O) groups excluding carboxylic acids is 2. The van der Waals surface area contributed by atoms with Crippen LogP contribution in [0.4, 0.5) is 0 Å². The second-order valence-electron chi connectivity index (χ2n) is 12.0. The van der Waals surface area contributed by atoms with Crippen molar-refractivity contribution in [2.45, 2.75) is 109 Å². The highest BCUT2D eigenvalue weighted by molar-refractivity contribution is 6.05. The van der Waals surface area contributed by atoms with E-state index in [1.54, 1.807) is 0 Å². The van der Waals surface area contributed by atoms with Gasteiger partial charge in [0.1, 0.15) is 0 Å². The summed E-state index contributed by atoms with van der Waals surface area (Å²) in [6.45, 7) is 0. The summed E-state index contributed by atoms with van der Waals surface area (Å²) in [6.07, 6.45) is 18.8. The van der Waals surface area contributed by atoms with Gasteiger partial charge >= 0.3 is 0 Å². The summed E-state index contributed by atoms with van der Waals surface area (Å²) in [5.41, 5.74) is 4.26. The predicted molar refractivity (Wildman–Crippen MR) is 148 cm³/mol. The molecule has 0 radical (unpaired) electrons. The van der Waals surface area contributed by atoms with Gasteiger partial charge in [0.25, 0.3) is 0 Å². The van der Waals surface area contributed by atoms with Gasteiger partial charge in [-0.1, -0.05) is 106 Å². The molecule has 2 aromatic rings. The highest BCUT2D eigenvalue weighted by atomic mass is 16.1. The van der Waals surface area contributed by atoms with E-state index in [1.165, 1.54) is 76.2 Å². The Morgan fingerprint density at radius 3 is 2.36 bits per heavy atom. The lowest BCUT2D eigenvalue weighted by molar-refractivity contribution is 0.0890. The molecule has 2 aromatic carbocycles. The maximum absolute atomic E-state index is 13.4. The van der Waals surface area contributed by atoms with Gasteiger partial charge in [0.15, 0.2) is 11.6 Å². The fourth-order valence-corrected chi connectivity index (χ4v) is 7.44. The van der Waals surface area contributed by atoms with Gasteiger partial charge in [-0.15, -0.1) is 0 Å². The molecule has 0 amide bonds. The van der Waals surface area contributed by atoms with Gasteiger partial charge in [-0.3, -0.25) is 9.59 Å². The number of carbonyl (C=O) groups is 2. The molecular weight excluding hydrogens is 440 g/mol. The van der Waals surface area contributed by atoms with E-state index in [0.29, 0.717) is 18.1 Å². The standard InChI is InChI=1S/C34H44O2/c35-33(24-26-10-3-1-4-11-26)31-18-9-19-32-30(31)23-22-29(34(32)36)17-8-13-25-12-7-16-28(21-20-25)27-14-5-2-6-15-27/h2,5-6,9,14-15,18-19,25-26,28-29H,1,3-4,7-8,10-13,16-17,20-24H2. The fraction of sp³-hybridized carbons (Fsp3) is 0.588. The average molecular weight is 485 g/mol. The molecule has 2 heteroatoms. The van der Waals surface area contributed by atoms with Gasteiger partial charge in [0.2, 0.25) is 0 Å². The molecule has 5 rings (SSSR count). The van der Waals surface area contributed by atoms with E-state index in [1.807, 2.05) is 18.2 Å². The van der Waals surface area contributed by atoms with E-state index in [-0.39, 0.29) is 11.7 Å². The van der Waals surface area contributed by atoms with Crippen molar-refractivity contribution in [2.75, 3.05) is 0 Å². The molecule has 0 bridgehead atoms. The van der Waals surface area contributed by atoms with Crippen LogP contribution < -0.4 is 0 Å². The van der Waals surface area contributed by atoms with Gasteiger partial charge in [-0.2, -0.15) is 0 Å². The van der Waals surface area contributed by atoms with Crippen LogP contribution in [0.3, 0.4) is 0 Å². The van der Waals surface area contributed by atoms with Gasteiger partial charge in [-0.25, -0.2) is 0 Å². The zero-order valence-electron chi connectivity index (χ0n) is 22.1. The topological polar surface area (TPSA) is 34.1 Å². The predicted octanol–water partition coefficient (Wildman–Crippen LogP) is 9.12. The Morgan fingerprint density at radius 1 is 0.722 bits per heavy atom. The molecule has 0 spiro atoms. The van der Waals surface area contributed by atoms with Gasteiger partial charge < -0.3 is 0 Å². The van der Waals surface area contributed by atoms with E-state index < -0.39 is 0 Å². The molecule has 2 saturated carbocycles. The molecule has 0 aromatic heterocycles. The van der Waals surface area contributed by atoms with Crippen molar-refractivity contribution >= 4 is 11.6 Å². The molecule has 0 N–H and O–H groups in total. The molecule has 0 aliphatic heterocycles. The van der Waals surface area contributed by atoms with E-state index in [2.05, 4.69) is 30.3 Å². The quantitative estimate of drug-likeness (QED) is 0.276. The normalized spacial score (nSPS) is 25.2. The molecule has 3 aliphatic carbocycles. The molecular formula is C34H44O2. The smallest absolute Gasteiger partial charge is 0.166 e. The number of hydrogen-bond acceptors (Lipinski definition) is 2. The molecule has 3 aliphatic rings. The molecule has 2 fully saturated rings. The van der Waals surface area contributed by atoms with Crippen molar-refractivity contribution in [1.29, 1.82) is 0 Å². The van der Waals surface area contributed by atoms with Crippen molar-refractivity contribution in [3.63, 3.8) is 0 Å². The lowest BCUT2D eigenvalue weighted by Crippen LogP contribution is -2.25. The first-order valence-corrected chi connectivity index (χ1v) is 14.9. The molecule has 0 saturated heterocycles. The molecule has 3 atom stereocenters. The van der Waals surface area contributed by atoms with Crippen LogP contribution in [0.5, 0.6) is 0 Å². The van der Waals surface area contributed by atoms with Crippen LogP contribution in [-0.4, -0.2) is 11.6 Å². The van der Waals surface area contributed by atoms with E-state index in [4.69, 9.17) is 0 Å². The first kappa shape index (κ1) is 25.4. The Kier molecular flexibility index (Phi) is 8.72. The Bertz CT molecular complexity index is 1020. The second-order valence-corrected chi connectivity index (χ2v) is 12.0. The third-order valence-electron chi connectivity index (χ3n) is 9.58. The molecule has 0 heterocycles. The van der Waals surface area contributed by atoms with Crippen LogP contribution >= 0.6 is 0 Å². The van der Waals surface area contributed by atoms with Gasteiger partial charge in [0, 0.05) is 23.5 Å². The number of rotatable bonds is 8. The number of Topliss-reactive ketones (excluding diaryl/α,β-unsaturated/α-hetero) is 2. The largest absolute Gasteiger partial charge is 0.294 e. The summed E-state index contributed by atoms with van der Waals surface area (Å²) in [4.78, 5) is 26.6. The maximum Gasteiger partial charge on any atom is 0.166 e. The van der Waals surface area contributed by atoms with Crippen LogP contribution in [-0.2, 0) is 6.42 Å². The first-order valence-electron chi connectivity index (χ1n) is 14.9. The minimum absolute atomic E-state index is 0.143. The third-order valence-corrected chi connectivity index (χ3v) is 9.58. The van der Waals surface area contributed by atoms with E-state index >= 15 is 0 Å². The summed E-state index contributed by atoms with van der Waals surface area (Å²) >= 11 is 0. The van der Waals surface area contributed by atoms with Crippen LogP contribution in [0.1, 0.15) is 134 Å². The van der Waals surface area contributed by atoms with Gasteiger partial charge in [0.05, 0.1) is 0 Å². The van der Waals surface area contributed by atoms with Crippen LogP contribution in [0, 0.1) is 17.8 Å². The monoisotopic (exact) mass is 484 g/mol. The van der Waals surface area contributed by atoms with E-state index in [0.717, 1.165) is 54.2 Å². The number of ketones is 2. The summed E-state index contributed by atoms with van der Waals surface area (Å²) in [7, 11) is 0. The van der Waals surface area contributed by atoms with Crippen molar-refractivity contribution in [2.24, 2.45) is 17.8 Å². The SMILES string of the molecule is O=C(CC1CCCCC1)c1cccc2c1CCC(CCCC1CCCC(c3ccccc3)CC1)C2=O. The fourth-order valence-electron chi connectivity index (χ4n) is 7.44. The highest BCUT2D eigenvalue weighted by Gasteiger charge is 2.30. The minimum Gasteiger partial charge on any atom is -0.294 e. The lowest BCUT2D eigenvalue weighted by atomic mass is 9.76. The summed E-state index contributed by atoms with van der Waals surface area (Å²) in [5, 5.41) is 0. The number of hydrogen-bond donors (Lipinski definition) is 0. The lowest BCUT2D eigenvalue weighted by Gasteiger charge is -2.26. The van der Waals surface area contributed by atoms with Crippen molar-refractivity contribution in [3.05, 3.63) is 70.8 Å². The van der Waals surface area contributed by atoms with Crippen LogP contribution in [0.25, 0.3) is 0 Å². The van der Waals surface area contributed by atoms with Crippen molar-refractivity contribution < 1.29 is 9.59 Å². The van der Waals surface area contributed by atoms with Crippen molar-refractivity contribution in [1.82, 2.24) is 0 Å². The maximum atomic E-state index is 13.4. The number of benzene rings is 2. The molecule has 36 heavy (non-hydrogen) atoms. The average Bonchev–Trinajstić information content (AvgIpc) is 3.16. The Hall–Kier alpha value is -2.22. The Morgan fingerprint density at radius 2 is 1.53 bits per heavy atom. The van der Waals surface area contributed by atoms with Crippen molar-refractivity contribution in [3.8, 4) is 0 Å². The molecule has 2 nitrogen and oxygen atoms in total. The summed E-state index contributed by atoms with van der Waals surface area (Å²) in [6, 6.07) is 17.0. The van der Waals surface area contributed by atoms with Gasteiger partial charge in [-0.05, 0) is 67.4 Å². The number of fused-ring (bicyclic) bond motifs is 1. The Labute approximate surface area is 218 Å². The zero-order chi connectivity index (χ0) is 24.7. The van der Waals surface area contributed by atoms with Crippen LogP contribution in [0.2, 0.25) is 0 Å². The minimum atomic E-state index is 0.143. The molecule has 192 valence electrons. The highest BCUT2D eigenvalue weighted by Crippen LogP contribution is 2.37. The van der Waals surface area contributed by atoms with Crippen LogP contribution in [0.15, 0.2) is 48.5 Å².